The smallest absolute Gasteiger partial charge is 0.133 e. The van der Waals surface area contributed by atoms with E-state index in [0.29, 0.717) is 12.0 Å². The highest BCUT2D eigenvalue weighted by Crippen LogP contribution is 2.48. The fourth-order valence-electron chi connectivity index (χ4n) is 5.12. The molecular weight excluding hydrogens is 438 g/mol. The molecule has 7 rings (SSSR count). The summed E-state index contributed by atoms with van der Waals surface area (Å²) < 4.78 is 8.52. The Hall–Kier alpha value is -3.78. The van der Waals surface area contributed by atoms with Crippen molar-refractivity contribution >= 4 is 22.1 Å². The molecule has 2 fully saturated rings. The lowest BCUT2D eigenvalue weighted by atomic mass is 10.1. The summed E-state index contributed by atoms with van der Waals surface area (Å²) in [6, 6.07) is 10.4. The number of aromatic nitrogens is 6. The molecule has 2 aliphatic rings. The van der Waals surface area contributed by atoms with Gasteiger partial charge in [-0.05, 0) is 75.9 Å². The Kier molecular flexibility index (Phi) is 4.80. The Labute approximate surface area is 202 Å². The maximum absolute atomic E-state index is 6.43. The van der Waals surface area contributed by atoms with Gasteiger partial charge in [0.1, 0.15) is 17.3 Å². The van der Waals surface area contributed by atoms with Crippen LogP contribution in [-0.2, 0) is 0 Å². The number of H-pyrrole nitrogens is 1. The first-order valence-electron chi connectivity index (χ1n) is 12.4. The van der Waals surface area contributed by atoms with Crippen LogP contribution < -0.4 is 10.1 Å². The number of nitrogens with one attached hydrogen (secondary N) is 2. The predicted molar refractivity (Wildman–Crippen MR) is 135 cm³/mol. The van der Waals surface area contributed by atoms with E-state index in [4.69, 9.17) is 14.7 Å². The van der Waals surface area contributed by atoms with E-state index in [1.54, 1.807) is 0 Å². The van der Waals surface area contributed by atoms with E-state index in [-0.39, 0.29) is 0 Å². The molecule has 0 spiro atoms. The lowest BCUT2D eigenvalue weighted by molar-refractivity contribution is 0.343. The molecule has 0 radical (unpaired) electrons. The monoisotopic (exact) mass is 465 g/mol. The number of fused-ring (bicyclic) bond motifs is 2. The van der Waals surface area contributed by atoms with Crippen LogP contribution in [0.1, 0.15) is 49.0 Å². The maximum Gasteiger partial charge on any atom is 0.133 e. The van der Waals surface area contributed by atoms with E-state index in [1.165, 1.54) is 0 Å². The summed E-state index contributed by atoms with van der Waals surface area (Å²) in [5.41, 5.74) is 6.75. The second kappa shape index (κ2) is 8.16. The van der Waals surface area contributed by atoms with Crippen LogP contribution in [0.25, 0.3) is 33.3 Å². The number of imidazole rings is 1. The number of nitrogens with zero attached hydrogens (tertiary/aromatic N) is 5. The van der Waals surface area contributed by atoms with Gasteiger partial charge in [0.15, 0.2) is 0 Å². The van der Waals surface area contributed by atoms with E-state index in [0.717, 1.165) is 95.0 Å². The summed E-state index contributed by atoms with van der Waals surface area (Å²) in [5.74, 6) is 2.99. The molecule has 8 nitrogen and oxygen atoms in total. The van der Waals surface area contributed by atoms with Crippen LogP contribution in [0.4, 0.5) is 0 Å². The second-order valence-corrected chi connectivity index (χ2v) is 9.67. The van der Waals surface area contributed by atoms with Crippen LogP contribution in [0.2, 0.25) is 0 Å². The average molecular weight is 466 g/mol. The number of aromatic amines is 1. The van der Waals surface area contributed by atoms with Gasteiger partial charge in [0.25, 0.3) is 0 Å². The molecule has 176 valence electrons. The third-order valence-corrected chi connectivity index (χ3v) is 7.08. The predicted octanol–water partition coefficient (Wildman–Crippen LogP) is 5.27. The molecule has 1 saturated carbocycles. The second-order valence-electron chi connectivity index (χ2n) is 9.67. The quantitative estimate of drug-likeness (QED) is 0.367. The van der Waals surface area contributed by atoms with Crippen LogP contribution in [0.5, 0.6) is 11.5 Å². The number of ether oxygens (including phenoxy) is 1. The topological polar surface area (TPSA) is 93.5 Å². The summed E-state index contributed by atoms with van der Waals surface area (Å²) >= 11 is 0. The fraction of sp³-hybridized carbons (Fsp3) is 0.333. The molecule has 3 aromatic heterocycles. The van der Waals surface area contributed by atoms with E-state index < -0.39 is 0 Å². The van der Waals surface area contributed by atoms with Crippen LogP contribution in [0.15, 0.2) is 48.9 Å². The fourth-order valence-corrected chi connectivity index (χ4v) is 5.12. The highest BCUT2D eigenvalue weighted by atomic mass is 16.5. The molecule has 1 aliphatic carbocycles. The Morgan fingerprint density at radius 2 is 1.83 bits per heavy atom. The van der Waals surface area contributed by atoms with Crippen molar-refractivity contribution < 1.29 is 4.74 Å². The molecule has 0 atom stereocenters. The van der Waals surface area contributed by atoms with Crippen molar-refractivity contribution in [3.05, 3.63) is 60.3 Å². The van der Waals surface area contributed by atoms with Crippen molar-refractivity contribution in [1.82, 2.24) is 35.0 Å². The number of piperidine rings is 1. The van der Waals surface area contributed by atoms with Gasteiger partial charge in [-0.15, -0.1) is 0 Å². The van der Waals surface area contributed by atoms with Crippen LogP contribution in [-0.4, -0.2) is 42.8 Å². The van der Waals surface area contributed by atoms with E-state index in [1.807, 2.05) is 49.6 Å². The van der Waals surface area contributed by atoms with Crippen molar-refractivity contribution in [3.63, 3.8) is 0 Å². The van der Waals surface area contributed by atoms with Gasteiger partial charge in [-0.3, -0.25) is 9.67 Å². The van der Waals surface area contributed by atoms with Gasteiger partial charge >= 0.3 is 0 Å². The van der Waals surface area contributed by atoms with Crippen LogP contribution >= 0.6 is 0 Å². The SMILES string of the molecule is Cc1nc2ccc(Oc3ccc4ncc(-c5cnn(C6CCNCC6)c5)nc4c3C3CC3)cc2[nH]1. The molecule has 2 aromatic carbocycles. The molecule has 1 aliphatic heterocycles. The first kappa shape index (κ1) is 20.6. The van der Waals surface area contributed by atoms with Gasteiger partial charge in [0.05, 0.1) is 46.2 Å². The highest BCUT2D eigenvalue weighted by molar-refractivity contribution is 5.84. The van der Waals surface area contributed by atoms with E-state index in [2.05, 4.69) is 31.3 Å². The largest absolute Gasteiger partial charge is 0.457 e. The molecule has 0 amide bonds. The Balaban J connectivity index is 1.26. The zero-order chi connectivity index (χ0) is 23.4. The number of aryl methyl sites for hydroxylation is 1. The molecule has 4 heterocycles. The summed E-state index contributed by atoms with van der Waals surface area (Å²) in [6.07, 6.45) is 10.4. The van der Waals surface area contributed by atoms with Gasteiger partial charge in [0.2, 0.25) is 0 Å². The van der Waals surface area contributed by atoms with Crippen LogP contribution in [0.3, 0.4) is 0 Å². The lowest BCUT2D eigenvalue weighted by Gasteiger charge is -2.22. The standard InChI is InChI=1S/C27H27N7O/c1-16-31-21-5-4-20(12-23(21)32-16)35-25-7-6-22-27(26(25)17-2-3-17)33-24(14-29-22)18-13-30-34(15-18)19-8-10-28-11-9-19/h4-7,12-15,17,19,28H,2-3,8-11H2,1H3,(H,31,32). The molecule has 35 heavy (non-hydrogen) atoms. The molecule has 8 heteroatoms. The minimum Gasteiger partial charge on any atom is -0.457 e. The number of hydrogen-bond donors (Lipinski definition) is 2. The number of rotatable bonds is 5. The Morgan fingerprint density at radius 3 is 2.69 bits per heavy atom. The highest BCUT2D eigenvalue weighted by Gasteiger charge is 2.30. The molecule has 1 saturated heterocycles. The van der Waals surface area contributed by atoms with Crippen molar-refractivity contribution in [2.75, 3.05) is 13.1 Å². The maximum atomic E-state index is 6.43. The normalized spacial score (nSPS) is 16.8. The first-order valence-corrected chi connectivity index (χ1v) is 12.4. The minimum absolute atomic E-state index is 0.441. The average Bonchev–Trinajstić information content (AvgIpc) is 3.46. The third kappa shape index (κ3) is 3.83. The van der Waals surface area contributed by atoms with Crippen molar-refractivity contribution in [2.24, 2.45) is 0 Å². The summed E-state index contributed by atoms with van der Waals surface area (Å²) in [6.45, 7) is 4.04. The Bertz CT molecular complexity index is 1540. The van der Waals surface area contributed by atoms with E-state index in [9.17, 15) is 0 Å². The summed E-state index contributed by atoms with van der Waals surface area (Å²) in [4.78, 5) is 17.6. The molecule has 0 unspecified atom stereocenters. The van der Waals surface area contributed by atoms with Crippen molar-refractivity contribution in [2.45, 2.75) is 44.6 Å². The minimum atomic E-state index is 0.441. The molecular formula is C27H27N7O. The van der Waals surface area contributed by atoms with Crippen molar-refractivity contribution in [3.8, 4) is 22.8 Å². The first-order chi connectivity index (χ1) is 17.2. The summed E-state index contributed by atoms with van der Waals surface area (Å²) in [7, 11) is 0. The van der Waals surface area contributed by atoms with Gasteiger partial charge in [-0.1, -0.05) is 0 Å². The number of benzene rings is 2. The Morgan fingerprint density at radius 1 is 0.971 bits per heavy atom. The molecule has 5 aromatic rings. The van der Waals surface area contributed by atoms with Crippen molar-refractivity contribution in [1.29, 1.82) is 0 Å². The molecule has 0 bridgehead atoms. The third-order valence-electron chi connectivity index (χ3n) is 7.08. The van der Waals surface area contributed by atoms with Gasteiger partial charge in [-0.25, -0.2) is 9.97 Å². The van der Waals surface area contributed by atoms with Crippen LogP contribution in [0, 0.1) is 6.92 Å². The van der Waals surface area contributed by atoms with Gasteiger partial charge < -0.3 is 15.0 Å². The number of hydrogen-bond acceptors (Lipinski definition) is 6. The van der Waals surface area contributed by atoms with Gasteiger partial charge in [-0.2, -0.15) is 5.10 Å². The van der Waals surface area contributed by atoms with Gasteiger partial charge in [0, 0.05) is 23.4 Å². The summed E-state index contributed by atoms with van der Waals surface area (Å²) in [5, 5.41) is 8.07. The molecule has 2 N–H and O–H groups in total. The zero-order valence-electron chi connectivity index (χ0n) is 19.7. The zero-order valence-corrected chi connectivity index (χ0v) is 19.7. The van der Waals surface area contributed by atoms with E-state index >= 15 is 0 Å². The lowest BCUT2D eigenvalue weighted by Crippen LogP contribution is -2.29.